The van der Waals surface area contributed by atoms with Crippen LogP contribution in [0.3, 0.4) is 0 Å². The Bertz CT molecular complexity index is 853. The van der Waals surface area contributed by atoms with Crippen LogP contribution in [-0.2, 0) is 14.4 Å². The zero-order valence-corrected chi connectivity index (χ0v) is 17.6. The molecule has 0 unspecified atom stereocenters. The lowest BCUT2D eigenvalue weighted by molar-refractivity contribution is -0.144. The number of imide groups is 1. The Hall–Kier alpha value is -1.59. The monoisotopic (exact) mass is 434 g/mol. The number of nitrogens with one attached hydrogen (secondary N) is 1. The lowest BCUT2D eigenvalue weighted by Gasteiger charge is -2.33. The fraction of sp³-hybridized carbons (Fsp3) is 0.591. The minimum Gasteiger partial charge on any atom is -0.324 e. The average Bonchev–Trinajstić information content (AvgIpc) is 3.39. The van der Waals surface area contributed by atoms with Crippen molar-refractivity contribution in [3.05, 3.63) is 28.2 Å². The summed E-state index contributed by atoms with van der Waals surface area (Å²) in [6.07, 6.45) is 5.94. The molecule has 1 aromatic carbocycles. The molecule has 0 aromatic heterocycles. The molecule has 1 aromatic rings. The molecular formula is C22H24Cl2N2O3. The Kier molecular flexibility index (Phi) is 4.86. The maximum atomic E-state index is 13.0. The number of hydrogen-bond acceptors (Lipinski definition) is 3. The fourth-order valence-corrected chi connectivity index (χ4v) is 6.55. The van der Waals surface area contributed by atoms with Gasteiger partial charge in [0.05, 0.1) is 22.5 Å². The van der Waals surface area contributed by atoms with Crippen molar-refractivity contribution in [2.75, 3.05) is 5.32 Å². The summed E-state index contributed by atoms with van der Waals surface area (Å²) >= 11 is 12.1. The summed E-state index contributed by atoms with van der Waals surface area (Å²) in [5, 5.41) is 3.83. The van der Waals surface area contributed by atoms with Gasteiger partial charge in [0, 0.05) is 17.0 Å². The summed E-state index contributed by atoms with van der Waals surface area (Å²) in [6.45, 7) is 0. The quantitative estimate of drug-likeness (QED) is 0.710. The van der Waals surface area contributed by atoms with Crippen LogP contribution in [0.25, 0.3) is 0 Å². The van der Waals surface area contributed by atoms with Gasteiger partial charge in [-0.1, -0.05) is 23.2 Å². The van der Waals surface area contributed by atoms with Crippen molar-refractivity contribution in [2.45, 2.75) is 51.0 Å². The highest BCUT2D eigenvalue weighted by molar-refractivity contribution is 6.35. The van der Waals surface area contributed by atoms with Crippen LogP contribution in [0.5, 0.6) is 0 Å². The predicted molar refractivity (Wildman–Crippen MR) is 111 cm³/mol. The van der Waals surface area contributed by atoms with Crippen molar-refractivity contribution in [3.63, 3.8) is 0 Å². The van der Waals surface area contributed by atoms with Crippen molar-refractivity contribution < 1.29 is 14.4 Å². The molecule has 29 heavy (non-hydrogen) atoms. The van der Waals surface area contributed by atoms with Gasteiger partial charge in [0.2, 0.25) is 17.7 Å². The Morgan fingerprint density at radius 2 is 1.55 bits per heavy atom. The second-order valence-corrected chi connectivity index (χ2v) is 9.89. The van der Waals surface area contributed by atoms with Gasteiger partial charge in [-0.25, -0.2) is 0 Å². The summed E-state index contributed by atoms with van der Waals surface area (Å²) in [5.74, 6) is 0.592. The van der Waals surface area contributed by atoms with E-state index in [2.05, 4.69) is 5.32 Å². The molecule has 3 amide bonds. The SMILES string of the molecule is O=C(Nc1cc(Cl)ccc1Cl)C1CCC(N2C(=O)[C@@H]3[C@H]4CC[C@@H](C4)[C@@H]3C2=O)CC1. The first kappa shape index (κ1) is 19.4. The van der Waals surface area contributed by atoms with Gasteiger partial charge in [0.15, 0.2) is 0 Å². The van der Waals surface area contributed by atoms with Gasteiger partial charge < -0.3 is 5.32 Å². The molecule has 154 valence electrons. The van der Waals surface area contributed by atoms with Crippen molar-refractivity contribution in [3.8, 4) is 0 Å². The molecule has 5 rings (SSSR count). The second kappa shape index (κ2) is 7.28. The standard InChI is InChI=1S/C22H24Cl2N2O3/c23-14-5-8-16(24)17(10-14)25-20(27)11-3-6-15(7-4-11)26-21(28)18-12-1-2-13(9-12)19(18)22(26)29/h5,8,10-13,15,18-19H,1-4,6-7,9H2,(H,25,27)/t11?,12-,13-,15?,18-,19+/m0/s1. The molecule has 4 fully saturated rings. The van der Waals surface area contributed by atoms with Crippen molar-refractivity contribution in [1.29, 1.82) is 0 Å². The molecule has 1 N–H and O–H groups in total. The Labute approximate surface area is 180 Å². The summed E-state index contributed by atoms with van der Waals surface area (Å²) < 4.78 is 0. The zero-order valence-electron chi connectivity index (χ0n) is 16.1. The number of likely N-dealkylation sites (tertiary alicyclic amines) is 1. The third kappa shape index (κ3) is 3.17. The molecule has 4 atom stereocenters. The molecule has 3 saturated carbocycles. The first-order valence-electron chi connectivity index (χ1n) is 10.6. The molecule has 1 aliphatic heterocycles. The van der Waals surface area contributed by atoms with Gasteiger partial charge in [0.25, 0.3) is 0 Å². The van der Waals surface area contributed by atoms with Gasteiger partial charge in [0.1, 0.15) is 0 Å². The van der Waals surface area contributed by atoms with E-state index in [1.54, 1.807) is 23.1 Å². The van der Waals surface area contributed by atoms with Gasteiger partial charge in [-0.2, -0.15) is 0 Å². The van der Waals surface area contributed by atoms with Crippen molar-refractivity contribution in [2.24, 2.45) is 29.6 Å². The topological polar surface area (TPSA) is 66.5 Å². The van der Waals surface area contributed by atoms with Crippen LogP contribution >= 0.6 is 23.2 Å². The van der Waals surface area contributed by atoms with Gasteiger partial charge in [-0.3, -0.25) is 19.3 Å². The highest BCUT2D eigenvalue weighted by Gasteiger charge is 2.61. The van der Waals surface area contributed by atoms with Crippen LogP contribution in [0.4, 0.5) is 5.69 Å². The lowest BCUT2D eigenvalue weighted by atomic mass is 9.81. The van der Waals surface area contributed by atoms with Gasteiger partial charge in [-0.15, -0.1) is 0 Å². The molecule has 3 aliphatic carbocycles. The number of fused-ring (bicyclic) bond motifs is 5. The van der Waals surface area contributed by atoms with Crippen LogP contribution in [0.1, 0.15) is 44.9 Å². The van der Waals surface area contributed by atoms with E-state index in [1.807, 2.05) is 0 Å². The number of carbonyl (C=O) groups is 3. The normalized spacial score (nSPS) is 35.9. The lowest BCUT2D eigenvalue weighted by Crippen LogP contribution is -2.44. The van der Waals surface area contributed by atoms with Gasteiger partial charge >= 0.3 is 0 Å². The van der Waals surface area contributed by atoms with E-state index in [0.29, 0.717) is 53.3 Å². The minimum atomic E-state index is -0.148. The highest BCUT2D eigenvalue weighted by Crippen LogP contribution is 2.56. The van der Waals surface area contributed by atoms with E-state index in [1.165, 1.54) is 0 Å². The molecule has 1 heterocycles. The summed E-state index contributed by atoms with van der Waals surface area (Å²) in [5.41, 5.74) is 0.513. The maximum absolute atomic E-state index is 13.0. The molecule has 0 radical (unpaired) electrons. The first-order chi connectivity index (χ1) is 13.9. The van der Waals surface area contributed by atoms with E-state index in [-0.39, 0.29) is 41.5 Å². The highest BCUT2D eigenvalue weighted by atomic mass is 35.5. The third-order valence-corrected chi connectivity index (χ3v) is 8.15. The number of amides is 3. The molecular weight excluding hydrogens is 411 g/mol. The number of hydrogen-bond donors (Lipinski definition) is 1. The average molecular weight is 435 g/mol. The number of halogens is 2. The first-order valence-corrected chi connectivity index (χ1v) is 11.3. The number of benzene rings is 1. The molecule has 5 nitrogen and oxygen atoms in total. The van der Waals surface area contributed by atoms with Crippen LogP contribution in [-0.4, -0.2) is 28.7 Å². The van der Waals surface area contributed by atoms with Crippen molar-refractivity contribution >= 4 is 46.6 Å². The molecule has 4 aliphatic rings. The number of rotatable bonds is 3. The van der Waals surface area contributed by atoms with Crippen LogP contribution < -0.4 is 5.32 Å². The third-order valence-electron chi connectivity index (χ3n) is 7.58. The Balaban J connectivity index is 1.22. The molecule has 1 saturated heterocycles. The van der Waals surface area contributed by atoms with Crippen LogP contribution in [0.2, 0.25) is 10.0 Å². The van der Waals surface area contributed by atoms with E-state index in [4.69, 9.17) is 23.2 Å². The summed E-state index contributed by atoms with van der Waals surface area (Å²) in [7, 11) is 0. The van der Waals surface area contributed by atoms with E-state index in [9.17, 15) is 14.4 Å². The van der Waals surface area contributed by atoms with Gasteiger partial charge in [-0.05, 0) is 75.0 Å². The second-order valence-electron chi connectivity index (χ2n) is 9.05. The zero-order chi connectivity index (χ0) is 20.3. The smallest absolute Gasteiger partial charge is 0.233 e. The van der Waals surface area contributed by atoms with Crippen molar-refractivity contribution in [1.82, 2.24) is 4.90 Å². The largest absolute Gasteiger partial charge is 0.324 e. The number of carbonyl (C=O) groups excluding carboxylic acids is 3. The summed E-state index contributed by atoms with van der Waals surface area (Å²) in [6, 6.07) is 4.92. The Morgan fingerprint density at radius 3 is 2.17 bits per heavy atom. The molecule has 7 heteroatoms. The molecule has 2 bridgehead atoms. The summed E-state index contributed by atoms with van der Waals surface area (Å²) in [4.78, 5) is 40.3. The van der Waals surface area contributed by atoms with Crippen LogP contribution in [0, 0.1) is 29.6 Å². The number of anilines is 1. The fourth-order valence-electron chi connectivity index (χ4n) is 6.22. The van der Waals surface area contributed by atoms with E-state index in [0.717, 1.165) is 19.3 Å². The number of nitrogens with zero attached hydrogens (tertiary/aromatic N) is 1. The van der Waals surface area contributed by atoms with Crippen LogP contribution in [0.15, 0.2) is 18.2 Å². The maximum Gasteiger partial charge on any atom is 0.233 e. The Morgan fingerprint density at radius 1 is 0.931 bits per heavy atom. The van der Waals surface area contributed by atoms with E-state index >= 15 is 0 Å². The van der Waals surface area contributed by atoms with E-state index < -0.39 is 0 Å². The predicted octanol–water partition coefficient (Wildman–Crippen LogP) is 4.52. The minimum absolute atomic E-state index is 0.0567. The molecule has 0 spiro atoms.